The van der Waals surface area contributed by atoms with Gasteiger partial charge in [0.05, 0.1) is 17.6 Å². The molecule has 0 aliphatic heterocycles. The first kappa shape index (κ1) is 12.1. The van der Waals surface area contributed by atoms with E-state index in [1.165, 1.54) is 16.7 Å². The van der Waals surface area contributed by atoms with Crippen molar-refractivity contribution < 1.29 is 0 Å². The SMILES string of the molecule is Cc1ccc2c(c1)[nH]c(=S)n2Cc1ccncc1C. The van der Waals surface area contributed by atoms with Crippen LogP contribution in [0, 0.1) is 18.6 Å². The van der Waals surface area contributed by atoms with E-state index >= 15 is 0 Å². The summed E-state index contributed by atoms with van der Waals surface area (Å²) < 4.78 is 2.89. The van der Waals surface area contributed by atoms with Gasteiger partial charge in [-0.2, -0.15) is 0 Å². The summed E-state index contributed by atoms with van der Waals surface area (Å²) in [4.78, 5) is 7.40. The van der Waals surface area contributed by atoms with Crippen molar-refractivity contribution in [2.45, 2.75) is 20.4 Å². The number of imidazole rings is 1. The van der Waals surface area contributed by atoms with Gasteiger partial charge >= 0.3 is 0 Å². The number of pyridine rings is 1. The normalized spacial score (nSPS) is 11.1. The monoisotopic (exact) mass is 269 g/mol. The zero-order valence-electron chi connectivity index (χ0n) is 11.0. The summed E-state index contributed by atoms with van der Waals surface area (Å²) >= 11 is 5.43. The second-order valence-corrected chi connectivity index (χ2v) is 5.23. The molecule has 0 fully saturated rings. The fraction of sp³-hybridized carbons (Fsp3) is 0.200. The van der Waals surface area contributed by atoms with Crippen LogP contribution in [0.25, 0.3) is 11.0 Å². The maximum absolute atomic E-state index is 5.43. The number of benzene rings is 1. The average molecular weight is 269 g/mol. The van der Waals surface area contributed by atoms with Crippen LogP contribution in [0.2, 0.25) is 0 Å². The average Bonchev–Trinajstić information content (AvgIpc) is 2.68. The van der Waals surface area contributed by atoms with Gasteiger partial charge < -0.3 is 9.55 Å². The van der Waals surface area contributed by atoms with Crippen molar-refractivity contribution in [2.75, 3.05) is 0 Å². The molecule has 3 aromatic rings. The summed E-state index contributed by atoms with van der Waals surface area (Å²) in [5.41, 5.74) is 5.90. The lowest BCUT2D eigenvalue weighted by atomic mass is 10.1. The molecule has 4 heteroatoms. The molecule has 0 atom stereocenters. The lowest BCUT2D eigenvalue weighted by Crippen LogP contribution is -2.01. The predicted molar refractivity (Wildman–Crippen MR) is 79.9 cm³/mol. The number of aromatic nitrogens is 3. The first-order chi connectivity index (χ1) is 9.15. The van der Waals surface area contributed by atoms with Gasteiger partial charge in [0.1, 0.15) is 0 Å². The summed E-state index contributed by atoms with van der Waals surface area (Å²) in [5.74, 6) is 0. The molecule has 3 nitrogen and oxygen atoms in total. The molecular weight excluding hydrogens is 254 g/mol. The smallest absolute Gasteiger partial charge is 0.178 e. The van der Waals surface area contributed by atoms with E-state index in [-0.39, 0.29) is 0 Å². The third kappa shape index (κ3) is 2.19. The Morgan fingerprint density at radius 3 is 2.89 bits per heavy atom. The second-order valence-electron chi connectivity index (χ2n) is 4.84. The molecule has 0 radical (unpaired) electrons. The number of nitrogens with one attached hydrogen (secondary N) is 1. The molecule has 2 aromatic heterocycles. The number of rotatable bonds is 2. The molecule has 1 N–H and O–H groups in total. The molecule has 0 aliphatic rings. The Morgan fingerprint density at radius 2 is 2.11 bits per heavy atom. The molecule has 1 aromatic carbocycles. The van der Waals surface area contributed by atoms with Crippen molar-refractivity contribution in [3.8, 4) is 0 Å². The maximum Gasteiger partial charge on any atom is 0.178 e. The Hall–Kier alpha value is -1.94. The summed E-state index contributed by atoms with van der Waals surface area (Å²) in [6.45, 7) is 4.93. The van der Waals surface area contributed by atoms with Gasteiger partial charge in [0.25, 0.3) is 0 Å². The Bertz CT molecular complexity index is 799. The van der Waals surface area contributed by atoms with E-state index in [4.69, 9.17) is 12.2 Å². The number of aryl methyl sites for hydroxylation is 2. The predicted octanol–water partition coefficient (Wildman–Crippen LogP) is 3.76. The zero-order valence-corrected chi connectivity index (χ0v) is 11.8. The molecule has 3 rings (SSSR count). The van der Waals surface area contributed by atoms with Crippen LogP contribution in [0.3, 0.4) is 0 Å². The van der Waals surface area contributed by atoms with Gasteiger partial charge in [0, 0.05) is 12.4 Å². The molecule has 0 bridgehead atoms. The van der Waals surface area contributed by atoms with Gasteiger partial charge in [-0.05, 0) is 61.0 Å². The largest absolute Gasteiger partial charge is 0.331 e. The summed E-state index contributed by atoms with van der Waals surface area (Å²) in [6, 6.07) is 8.40. The fourth-order valence-corrected chi connectivity index (χ4v) is 2.56. The Balaban J connectivity index is 2.13. The molecule has 2 heterocycles. The van der Waals surface area contributed by atoms with Crippen LogP contribution in [0.4, 0.5) is 0 Å². The van der Waals surface area contributed by atoms with E-state index in [1.54, 1.807) is 0 Å². The summed E-state index contributed by atoms with van der Waals surface area (Å²) in [7, 11) is 0. The van der Waals surface area contributed by atoms with Crippen molar-refractivity contribution in [2.24, 2.45) is 0 Å². The quantitative estimate of drug-likeness (QED) is 0.719. The molecule has 96 valence electrons. The number of hydrogen-bond donors (Lipinski definition) is 1. The minimum atomic E-state index is 0.761. The molecule has 0 unspecified atom stereocenters. The van der Waals surface area contributed by atoms with Crippen LogP contribution in [0.1, 0.15) is 16.7 Å². The van der Waals surface area contributed by atoms with Crippen LogP contribution >= 0.6 is 12.2 Å². The first-order valence-electron chi connectivity index (χ1n) is 6.24. The topological polar surface area (TPSA) is 33.6 Å². The van der Waals surface area contributed by atoms with E-state index in [0.29, 0.717) is 0 Å². The zero-order chi connectivity index (χ0) is 13.4. The minimum absolute atomic E-state index is 0.761. The van der Waals surface area contributed by atoms with Gasteiger partial charge in [0.2, 0.25) is 0 Å². The second kappa shape index (κ2) is 4.63. The van der Waals surface area contributed by atoms with Crippen molar-refractivity contribution in [1.82, 2.24) is 14.5 Å². The molecule has 0 saturated heterocycles. The highest BCUT2D eigenvalue weighted by Crippen LogP contribution is 2.18. The Kier molecular flexibility index (Phi) is 2.95. The van der Waals surface area contributed by atoms with Crippen LogP contribution in [-0.2, 0) is 6.54 Å². The standard InChI is InChI=1S/C15H15N3S/c1-10-3-4-14-13(7-10)17-15(19)18(14)9-12-5-6-16-8-11(12)2/h3-8H,9H2,1-2H3,(H,17,19). The highest BCUT2D eigenvalue weighted by atomic mass is 32.1. The van der Waals surface area contributed by atoms with Gasteiger partial charge in [-0.3, -0.25) is 4.98 Å². The van der Waals surface area contributed by atoms with Gasteiger partial charge in [-0.15, -0.1) is 0 Å². The number of nitrogens with zero attached hydrogens (tertiary/aromatic N) is 2. The van der Waals surface area contributed by atoms with E-state index in [2.05, 4.69) is 46.6 Å². The van der Waals surface area contributed by atoms with Crippen molar-refractivity contribution in [1.29, 1.82) is 0 Å². The van der Waals surface area contributed by atoms with E-state index in [0.717, 1.165) is 22.3 Å². The lowest BCUT2D eigenvalue weighted by molar-refractivity contribution is 0.802. The minimum Gasteiger partial charge on any atom is -0.331 e. The number of fused-ring (bicyclic) bond motifs is 1. The van der Waals surface area contributed by atoms with Crippen LogP contribution in [0.15, 0.2) is 36.7 Å². The summed E-state index contributed by atoms with van der Waals surface area (Å²) in [6.07, 6.45) is 3.71. The number of aromatic amines is 1. The van der Waals surface area contributed by atoms with Crippen molar-refractivity contribution >= 4 is 23.3 Å². The maximum atomic E-state index is 5.43. The fourth-order valence-electron chi connectivity index (χ4n) is 2.28. The third-order valence-corrected chi connectivity index (χ3v) is 3.72. The number of H-pyrrole nitrogens is 1. The Morgan fingerprint density at radius 1 is 1.26 bits per heavy atom. The van der Waals surface area contributed by atoms with Gasteiger partial charge in [-0.1, -0.05) is 6.07 Å². The van der Waals surface area contributed by atoms with E-state index in [1.807, 2.05) is 18.5 Å². The van der Waals surface area contributed by atoms with Gasteiger partial charge in [0.15, 0.2) is 4.77 Å². The first-order valence-corrected chi connectivity index (χ1v) is 6.64. The van der Waals surface area contributed by atoms with Crippen LogP contribution < -0.4 is 0 Å². The van der Waals surface area contributed by atoms with Crippen LogP contribution in [0.5, 0.6) is 0 Å². The highest BCUT2D eigenvalue weighted by Gasteiger charge is 2.06. The van der Waals surface area contributed by atoms with E-state index in [9.17, 15) is 0 Å². The third-order valence-electron chi connectivity index (χ3n) is 3.39. The molecular formula is C15H15N3S. The van der Waals surface area contributed by atoms with E-state index < -0.39 is 0 Å². The highest BCUT2D eigenvalue weighted by molar-refractivity contribution is 7.71. The van der Waals surface area contributed by atoms with Crippen molar-refractivity contribution in [3.63, 3.8) is 0 Å². The molecule has 19 heavy (non-hydrogen) atoms. The lowest BCUT2D eigenvalue weighted by Gasteiger charge is -2.07. The summed E-state index contributed by atoms with van der Waals surface area (Å²) in [5, 5.41) is 0. The molecule has 0 aliphatic carbocycles. The van der Waals surface area contributed by atoms with Gasteiger partial charge in [-0.25, -0.2) is 0 Å². The molecule has 0 saturated carbocycles. The molecule has 0 amide bonds. The van der Waals surface area contributed by atoms with Crippen molar-refractivity contribution in [3.05, 3.63) is 58.1 Å². The Labute approximate surface area is 116 Å². The van der Waals surface area contributed by atoms with Crippen LogP contribution in [-0.4, -0.2) is 14.5 Å². The molecule has 0 spiro atoms. The number of hydrogen-bond acceptors (Lipinski definition) is 2.